The Morgan fingerprint density at radius 1 is 1.39 bits per heavy atom. The van der Waals surface area contributed by atoms with Gasteiger partial charge in [0, 0.05) is 13.6 Å². The van der Waals surface area contributed by atoms with Crippen LogP contribution in [0.4, 0.5) is 4.79 Å². The predicted octanol–water partition coefficient (Wildman–Crippen LogP) is 2.04. The Hall–Kier alpha value is -2.04. The molecule has 0 saturated carbocycles. The number of benzene rings is 1. The van der Waals surface area contributed by atoms with Gasteiger partial charge in [-0.05, 0) is 12.5 Å². The number of carboxylic acid groups (broad SMARTS) is 1. The van der Waals surface area contributed by atoms with Gasteiger partial charge in [0.15, 0.2) is 0 Å². The molecule has 0 fully saturated rings. The van der Waals surface area contributed by atoms with Crippen LogP contribution in [0.2, 0.25) is 0 Å². The van der Waals surface area contributed by atoms with Crippen molar-refractivity contribution < 1.29 is 19.4 Å². The molecule has 1 aromatic rings. The number of carbonyl (C=O) groups is 2. The summed E-state index contributed by atoms with van der Waals surface area (Å²) in [6.07, 6.45) is -0.603. The fourth-order valence-corrected chi connectivity index (χ4v) is 1.41. The molecule has 0 aliphatic carbocycles. The first-order chi connectivity index (χ1) is 8.49. The largest absolute Gasteiger partial charge is 0.481 e. The second kappa shape index (κ2) is 6.64. The van der Waals surface area contributed by atoms with Gasteiger partial charge >= 0.3 is 12.1 Å². The molecule has 0 atom stereocenters. The third-order valence-electron chi connectivity index (χ3n) is 2.42. The van der Waals surface area contributed by atoms with Crippen LogP contribution in [0.25, 0.3) is 0 Å². The van der Waals surface area contributed by atoms with E-state index in [-0.39, 0.29) is 19.6 Å². The lowest BCUT2D eigenvalue weighted by atomic mass is 10.1. The van der Waals surface area contributed by atoms with Crippen molar-refractivity contribution >= 4 is 12.1 Å². The van der Waals surface area contributed by atoms with E-state index in [0.717, 1.165) is 11.1 Å². The molecular formula is C13H17NO4. The molecule has 1 rings (SSSR count). The molecule has 0 spiro atoms. The highest BCUT2D eigenvalue weighted by molar-refractivity contribution is 5.70. The first-order valence-corrected chi connectivity index (χ1v) is 5.64. The Balaban J connectivity index is 2.38. The van der Waals surface area contributed by atoms with Crippen molar-refractivity contribution in [2.75, 3.05) is 13.6 Å². The van der Waals surface area contributed by atoms with Crippen LogP contribution >= 0.6 is 0 Å². The number of amides is 1. The lowest BCUT2D eigenvalue weighted by Gasteiger charge is -2.15. The van der Waals surface area contributed by atoms with Crippen molar-refractivity contribution in [3.63, 3.8) is 0 Å². The summed E-state index contributed by atoms with van der Waals surface area (Å²) in [4.78, 5) is 23.1. The maximum atomic E-state index is 11.5. The van der Waals surface area contributed by atoms with Crippen LogP contribution in [0.5, 0.6) is 0 Å². The van der Waals surface area contributed by atoms with Crippen LogP contribution < -0.4 is 0 Å². The monoisotopic (exact) mass is 251 g/mol. The first-order valence-electron chi connectivity index (χ1n) is 5.64. The van der Waals surface area contributed by atoms with E-state index < -0.39 is 12.1 Å². The minimum Gasteiger partial charge on any atom is -0.481 e. The van der Waals surface area contributed by atoms with E-state index in [2.05, 4.69) is 0 Å². The zero-order valence-corrected chi connectivity index (χ0v) is 10.5. The van der Waals surface area contributed by atoms with Gasteiger partial charge in [-0.25, -0.2) is 4.79 Å². The summed E-state index contributed by atoms with van der Waals surface area (Å²) in [6, 6.07) is 7.67. The second-order valence-corrected chi connectivity index (χ2v) is 4.11. The summed E-state index contributed by atoms with van der Waals surface area (Å²) in [5, 5.41) is 8.50. The van der Waals surface area contributed by atoms with Gasteiger partial charge < -0.3 is 14.7 Å². The number of carbonyl (C=O) groups excluding carboxylic acids is 1. The molecular weight excluding hydrogens is 234 g/mol. The molecule has 5 heteroatoms. The Bertz CT molecular complexity index is 431. The molecule has 98 valence electrons. The molecule has 0 aromatic heterocycles. The van der Waals surface area contributed by atoms with E-state index >= 15 is 0 Å². The summed E-state index contributed by atoms with van der Waals surface area (Å²) in [6.45, 7) is 2.30. The first kappa shape index (κ1) is 14.0. The van der Waals surface area contributed by atoms with Crippen molar-refractivity contribution in [1.29, 1.82) is 0 Å². The molecule has 0 bridgehead atoms. The molecule has 1 amide bonds. The van der Waals surface area contributed by atoms with Crippen LogP contribution in [0.1, 0.15) is 17.5 Å². The van der Waals surface area contributed by atoms with Crippen LogP contribution in [-0.4, -0.2) is 35.7 Å². The molecule has 5 nitrogen and oxygen atoms in total. The molecule has 0 heterocycles. The Kier molecular flexibility index (Phi) is 5.17. The van der Waals surface area contributed by atoms with Crippen molar-refractivity contribution in [3.05, 3.63) is 35.4 Å². The number of aliphatic carboxylic acids is 1. The summed E-state index contributed by atoms with van der Waals surface area (Å²) >= 11 is 0. The lowest BCUT2D eigenvalue weighted by Crippen LogP contribution is -2.29. The number of ether oxygens (including phenoxy) is 1. The molecule has 1 aromatic carbocycles. The van der Waals surface area contributed by atoms with E-state index in [1.807, 2.05) is 31.2 Å². The van der Waals surface area contributed by atoms with Gasteiger partial charge in [0.2, 0.25) is 0 Å². The fourth-order valence-electron chi connectivity index (χ4n) is 1.41. The molecule has 0 unspecified atom stereocenters. The van der Waals surface area contributed by atoms with Crippen LogP contribution in [0, 0.1) is 6.92 Å². The number of carboxylic acids is 1. The highest BCUT2D eigenvalue weighted by Gasteiger charge is 2.11. The minimum absolute atomic E-state index is 0.0873. The van der Waals surface area contributed by atoms with Gasteiger partial charge in [0.25, 0.3) is 0 Å². The summed E-state index contributed by atoms with van der Waals surface area (Å²) in [5.74, 6) is -0.937. The van der Waals surface area contributed by atoms with E-state index in [0.29, 0.717) is 0 Å². The zero-order valence-electron chi connectivity index (χ0n) is 10.5. The molecule has 0 aliphatic rings. The molecule has 18 heavy (non-hydrogen) atoms. The van der Waals surface area contributed by atoms with Gasteiger partial charge in [-0.15, -0.1) is 0 Å². The number of hydrogen-bond acceptors (Lipinski definition) is 3. The van der Waals surface area contributed by atoms with Crippen LogP contribution in [-0.2, 0) is 16.1 Å². The van der Waals surface area contributed by atoms with Crippen molar-refractivity contribution in [1.82, 2.24) is 4.90 Å². The Morgan fingerprint density at radius 3 is 2.72 bits per heavy atom. The number of hydrogen-bond donors (Lipinski definition) is 1. The molecule has 0 aliphatic heterocycles. The minimum atomic E-state index is -0.937. The Morgan fingerprint density at radius 2 is 2.11 bits per heavy atom. The molecule has 1 N–H and O–H groups in total. The average molecular weight is 251 g/mol. The standard InChI is InChI=1S/C13H17NO4/c1-10-4-3-5-11(8-10)9-18-13(17)14(2)7-6-12(15)16/h3-5,8H,6-7,9H2,1-2H3,(H,15,16). The normalized spacial score (nSPS) is 9.89. The van der Waals surface area contributed by atoms with E-state index in [1.54, 1.807) is 0 Å². The molecule has 0 saturated heterocycles. The highest BCUT2D eigenvalue weighted by Crippen LogP contribution is 2.06. The van der Waals surface area contributed by atoms with Crippen LogP contribution in [0.15, 0.2) is 24.3 Å². The fraction of sp³-hybridized carbons (Fsp3) is 0.385. The maximum Gasteiger partial charge on any atom is 0.409 e. The smallest absolute Gasteiger partial charge is 0.409 e. The Labute approximate surface area is 106 Å². The van der Waals surface area contributed by atoms with Crippen molar-refractivity contribution in [3.8, 4) is 0 Å². The van der Waals surface area contributed by atoms with Gasteiger partial charge in [0.05, 0.1) is 6.42 Å². The zero-order chi connectivity index (χ0) is 13.5. The predicted molar refractivity (Wildman–Crippen MR) is 66.2 cm³/mol. The molecule has 0 radical (unpaired) electrons. The maximum absolute atomic E-state index is 11.5. The average Bonchev–Trinajstić information content (AvgIpc) is 2.33. The number of nitrogens with zero attached hydrogens (tertiary/aromatic N) is 1. The SMILES string of the molecule is Cc1cccc(COC(=O)N(C)CCC(=O)O)c1. The number of aryl methyl sites for hydroxylation is 1. The van der Waals surface area contributed by atoms with Gasteiger partial charge in [-0.2, -0.15) is 0 Å². The van der Waals surface area contributed by atoms with E-state index in [1.165, 1.54) is 11.9 Å². The van der Waals surface area contributed by atoms with E-state index in [9.17, 15) is 9.59 Å². The third-order valence-corrected chi connectivity index (χ3v) is 2.42. The van der Waals surface area contributed by atoms with Gasteiger partial charge in [0.1, 0.15) is 6.61 Å². The quantitative estimate of drug-likeness (QED) is 0.869. The third kappa shape index (κ3) is 4.86. The summed E-state index contributed by atoms with van der Waals surface area (Å²) in [5.41, 5.74) is 2.01. The van der Waals surface area contributed by atoms with E-state index in [4.69, 9.17) is 9.84 Å². The second-order valence-electron chi connectivity index (χ2n) is 4.11. The van der Waals surface area contributed by atoms with Gasteiger partial charge in [-0.3, -0.25) is 4.79 Å². The van der Waals surface area contributed by atoms with Crippen LogP contribution in [0.3, 0.4) is 0 Å². The van der Waals surface area contributed by atoms with Crippen molar-refractivity contribution in [2.45, 2.75) is 20.0 Å². The summed E-state index contributed by atoms with van der Waals surface area (Å²) in [7, 11) is 1.52. The number of rotatable bonds is 5. The highest BCUT2D eigenvalue weighted by atomic mass is 16.6. The van der Waals surface area contributed by atoms with Crippen molar-refractivity contribution in [2.24, 2.45) is 0 Å². The topological polar surface area (TPSA) is 66.8 Å². The van der Waals surface area contributed by atoms with Gasteiger partial charge in [-0.1, -0.05) is 29.8 Å². The lowest BCUT2D eigenvalue weighted by molar-refractivity contribution is -0.137. The summed E-state index contributed by atoms with van der Waals surface area (Å²) < 4.78 is 5.07.